The van der Waals surface area contributed by atoms with Gasteiger partial charge >= 0.3 is 5.97 Å². The van der Waals surface area contributed by atoms with E-state index >= 15 is 0 Å². The van der Waals surface area contributed by atoms with Crippen LogP contribution in [0.4, 0.5) is 0 Å². The van der Waals surface area contributed by atoms with Crippen molar-refractivity contribution in [2.24, 2.45) is 0 Å². The zero-order valence-corrected chi connectivity index (χ0v) is 10.0. The van der Waals surface area contributed by atoms with Gasteiger partial charge in [-0.2, -0.15) is 0 Å². The number of thiazole rings is 1. The molecule has 0 aliphatic heterocycles. The van der Waals surface area contributed by atoms with E-state index in [0.29, 0.717) is 11.6 Å². The van der Waals surface area contributed by atoms with E-state index in [4.69, 9.17) is 9.84 Å². The smallest absolute Gasteiger partial charge is 0.315 e. The normalized spacial score (nSPS) is 19.2. The second-order valence-electron chi connectivity index (χ2n) is 3.77. The Bertz CT molecular complexity index is 389. The van der Waals surface area contributed by atoms with Crippen LogP contribution in [0.15, 0.2) is 0 Å². The first-order chi connectivity index (χ1) is 7.76. The number of aliphatic hydroxyl groups is 1. The lowest BCUT2D eigenvalue weighted by molar-refractivity contribution is -0.145. The molecule has 1 N–H and O–H groups in total. The van der Waals surface area contributed by atoms with E-state index in [2.05, 4.69) is 4.98 Å². The summed E-state index contributed by atoms with van der Waals surface area (Å²) in [6.07, 6.45) is 2.76. The summed E-state index contributed by atoms with van der Waals surface area (Å²) in [5.74, 6) is -0.404. The third kappa shape index (κ3) is 2.10. The Hall–Kier alpha value is -0.940. The summed E-state index contributed by atoms with van der Waals surface area (Å²) < 4.78 is 5.04. The molecule has 0 fully saturated rings. The van der Waals surface area contributed by atoms with Crippen LogP contribution in [-0.4, -0.2) is 22.7 Å². The van der Waals surface area contributed by atoms with Crippen molar-refractivity contribution in [3.8, 4) is 0 Å². The molecule has 1 heterocycles. The van der Waals surface area contributed by atoms with Gasteiger partial charge in [0.1, 0.15) is 10.9 Å². The van der Waals surface area contributed by atoms with Gasteiger partial charge in [-0.3, -0.25) is 4.79 Å². The van der Waals surface area contributed by atoms with Crippen molar-refractivity contribution < 1.29 is 14.6 Å². The van der Waals surface area contributed by atoms with Gasteiger partial charge < -0.3 is 9.84 Å². The monoisotopic (exact) mass is 241 g/mol. The molecule has 1 atom stereocenters. The Morgan fingerprint density at radius 1 is 1.69 bits per heavy atom. The Labute approximate surface area is 98.3 Å². The maximum atomic E-state index is 11.7. The summed E-state index contributed by atoms with van der Waals surface area (Å²) in [7, 11) is 0. The zero-order valence-electron chi connectivity index (χ0n) is 9.23. The maximum absolute atomic E-state index is 11.7. The lowest BCUT2D eigenvalue weighted by Gasteiger charge is -2.19. The number of carbonyl (C=O) groups excluding carboxylic acids is 1. The average Bonchev–Trinajstić information content (AvgIpc) is 2.71. The zero-order chi connectivity index (χ0) is 11.5. The third-order valence-corrected chi connectivity index (χ3v) is 3.82. The number of carbonyl (C=O) groups is 1. The van der Waals surface area contributed by atoms with E-state index in [-0.39, 0.29) is 18.5 Å². The topological polar surface area (TPSA) is 59.4 Å². The molecule has 0 radical (unpaired) electrons. The number of ether oxygens (including phenoxy) is 1. The highest BCUT2D eigenvalue weighted by atomic mass is 32.1. The maximum Gasteiger partial charge on any atom is 0.315 e. The molecule has 0 aromatic carbocycles. The van der Waals surface area contributed by atoms with Crippen molar-refractivity contribution in [2.45, 2.75) is 38.7 Å². The molecule has 0 saturated heterocycles. The number of aromatic nitrogens is 1. The highest BCUT2D eigenvalue weighted by Crippen LogP contribution is 2.35. The van der Waals surface area contributed by atoms with Crippen molar-refractivity contribution >= 4 is 17.3 Å². The van der Waals surface area contributed by atoms with Crippen LogP contribution in [-0.2, 0) is 22.6 Å². The first-order valence-corrected chi connectivity index (χ1v) is 6.33. The van der Waals surface area contributed by atoms with Crippen LogP contribution in [0.1, 0.15) is 41.3 Å². The van der Waals surface area contributed by atoms with Crippen LogP contribution in [0.25, 0.3) is 0 Å². The van der Waals surface area contributed by atoms with Crippen LogP contribution in [0.2, 0.25) is 0 Å². The van der Waals surface area contributed by atoms with Gasteiger partial charge in [0.05, 0.1) is 18.9 Å². The first-order valence-electron chi connectivity index (χ1n) is 5.52. The molecule has 5 heteroatoms. The van der Waals surface area contributed by atoms with Crippen LogP contribution in [0.5, 0.6) is 0 Å². The van der Waals surface area contributed by atoms with Gasteiger partial charge in [-0.05, 0) is 26.2 Å². The van der Waals surface area contributed by atoms with E-state index in [1.807, 2.05) is 6.92 Å². The van der Waals surface area contributed by atoms with Crippen molar-refractivity contribution in [3.05, 3.63) is 15.6 Å². The molecule has 1 aromatic heterocycles. The fourth-order valence-corrected chi connectivity index (χ4v) is 3.04. The number of rotatable bonds is 3. The van der Waals surface area contributed by atoms with Crippen molar-refractivity contribution in [1.29, 1.82) is 0 Å². The molecule has 1 aliphatic carbocycles. The molecule has 0 bridgehead atoms. The molecule has 16 heavy (non-hydrogen) atoms. The summed E-state index contributed by atoms with van der Waals surface area (Å²) in [6.45, 7) is 2.16. The standard InChI is InChI=1S/C11H15NO3S/c1-2-15-11(14)7-4-3-5-8-10(7)12-9(6-13)16-8/h7,13H,2-6H2,1H3. The SMILES string of the molecule is CCOC(=O)C1CCCc2sc(CO)nc21. The number of hydrogen-bond donors (Lipinski definition) is 1. The number of fused-ring (bicyclic) bond motifs is 1. The number of esters is 1. The average molecular weight is 241 g/mol. The third-order valence-electron chi connectivity index (χ3n) is 2.70. The molecule has 2 rings (SSSR count). The molecular weight excluding hydrogens is 226 g/mol. The summed E-state index contributed by atoms with van der Waals surface area (Å²) in [5, 5.41) is 9.74. The van der Waals surface area contributed by atoms with E-state index in [1.54, 1.807) is 0 Å². The highest BCUT2D eigenvalue weighted by Gasteiger charge is 2.30. The minimum absolute atomic E-state index is 0.0484. The Kier molecular flexibility index (Phi) is 3.56. The van der Waals surface area contributed by atoms with Gasteiger partial charge in [-0.1, -0.05) is 0 Å². The largest absolute Gasteiger partial charge is 0.465 e. The summed E-state index contributed by atoms with van der Waals surface area (Å²) >= 11 is 1.51. The van der Waals surface area contributed by atoms with Gasteiger partial charge in [0.15, 0.2) is 0 Å². The van der Waals surface area contributed by atoms with Crippen molar-refractivity contribution in [2.75, 3.05) is 6.61 Å². The predicted octanol–water partition coefficient (Wildman–Crippen LogP) is 1.62. The van der Waals surface area contributed by atoms with E-state index < -0.39 is 0 Å². The van der Waals surface area contributed by atoms with Crippen LogP contribution >= 0.6 is 11.3 Å². The molecule has 0 amide bonds. The minimum Gasteiger partial charge on any atom is -0.465 e. The van der Waals surface area contributed by atoms with Gasteiger partial charge in [-0.15, -0.1) is 11.3 Å². The quantitative estimate of drug-likeness (QED) is 0.817. The molecule has 1 aliphatic rings. The number of aliphatic hydroxyl groups excluding tert-OH is 1. The lowest BCUT2D eigenvalue weighted by Crippen LogP contribution is -2.20. The number of hydrogen-bond acceptors (Lipinski definition) is 5. The second-order valence-corrected chi connectivity index (χ2v) is 4.94. The van der Waals surface area contributed by atoms with Gasteiger partial charge in [0.25, 0.3) is 0 Å². The van der Waals surface area contributed by atoms with Gasteiger partial charge in [-0.25, -0.2) is 4.98 Å². The molecule has 1 unspecified atom stereocenters. The van der Waals surface area contributed by atoms with E-state index in [0.717, 1.165) is 29.8 Å². The van der Waals surface area contributed by atoms with Gasteiger partial charge in [0, 0.05) is 4.88 Å². The summed E-state index contributed by atoms with van der Waals surface area (Å²) in [5.41, 5.74) is 0.832. The van der Waals surface area contributed by atoms with Crippen LogP contribution in [0, 0.1) is 0 Å². The fraction of sp³-hybridized carbons (Fsp3) is 0.636. The predicted molar refractivity (Wildman–Crippen MR) is 60.3 cm³/mol. The van der Waals surface area contributed by atoms with Crippen molar-refractivity contribution in [1.82, 2.24) is 4.98 Å². The second kappa shape index (κ2) is 4.93. The van der Waals surface area contributed by atoms with Crippen molar-refractivity contribution in [3.63, 3.8) is 0 Å². The Morgan fingerprint density at radius 3 is 3.19 bits per heavy atom. The molecule has 0 spiro atoms. The van der Waals surface area contributed by atoms with E-state index in [9.17, 15) is 4.79 Å². The first kappa shape index (κ1) is 11.5. The number of aryl methyl sites for hydroxylation is 1. The molecular formula is C11H15NO3S. The highest BCUT2D eigenvalue weighted by molar-refractivity contribution is 7.11. The molecule has 0 saturated carbocycles. The summed E-state index contributed by atoms with van der Waals surface area (Å²) in [6, 6.07) is 0. The van der Waals surface area contributed by atoms with Gasteiger partial charge in [0.2, 0.25) is 0 Å². The molecule has 88 valence electrons. The Balaban J connectivity index is 2.25. The fourth-order valence-electron chi connectivity index (χ4n) is 2.01. The van der Waals surface area contributed by atoms with Crippen LogP contribution in [0.3, 0.4) is 0 Å². The summed E-state index contributed by atoms with van der Waals surface area (Å²) in [4.78, 5) is 17.2. The van der Waals surface area contributed by atoms with E-state index in [1.165, 1.54) is 11.3 Å². The molecule has 1 aromatic rings. The molecule has 4 nitrogen and oxygen atoms in total. The Morgan fingerprint density at radius 2 is 2.50 bits per heavy atom. The number of nitrogens with zero attached hydrogens (tertiary/aromatic N) is 1. The minimum atomic E-state index is -0.222. The van der Waals surface area contributed by atoms with Crippen LogP contribution < -0.4 is 0 Å². The lowest BCUT2D eigenvalue weighted by atomic mass is 9.91.